The third-order valence-corrected chi connectivity index (χ3v) is 2.75. The van der Waals surface area contributed by atoms with Crippen LogP contribution in [0.4, 0.5) is 5.69 Å². The molecule has 6 heteroatoms. The lowest BCUT2D eigenvalue weighted by Gasteiger charge is -2.17. The van der Waals surface area contributed by atoms with E-state index in [0.29, 0.717) is 11.1 Å². The lowest BCUT2D eigenvalue weighted by Crippen LogP contribution is -2.18. The molecule has 17 heavy (non-hydrogen) atoms. The number of alkyl halides is 1. The molecule has 1 aromatic carbocycles. The number of aliphatic hydroxyl groups is 2. The molecule has 0 spiro atoms. The van der Waals surface area contributed by atoms with E-state index in [0.717, 1.165) is 0 Å². The summed E-state index contributed by atoms with van der Waals surface area (Å²) in [6.45, 7) is 1.59. The number of aliphatic hydroxyl groups excluding tert-OH is 2. The summed E-state index contributed by atoms with van der Waals surface area (Å²) in [5.41, 5.74) is 0.892. The van der Waals surface area contributed by atoms with Crippen LogP contribution in [0.5, 0.6) is 0 Å². The van der Waals surface area contributed by atoms with Crippen LogP contribution in [0.1, 0.15) is 23.7 Å². The quantitative estimate of drug-likeness (QED) is 0.481. The summed E-state index contributed by atoms with van der Waals surface area (Å²) < 4.78 is 0. The van der Waals surface area contributed by atoms with Crippen LogP contribution in [0.25, 0.3) is 0 Å². The van der Waals surface area contributed by atoms with Gasteiger partial charge < -0.3 is 10.2 Å². The maximum atomic E-state index is 10.6. The summed E-state index contributed by atoms with van der Waals surface area (Å²) in [5, 5.41) is 30.0. The second kappa shape index (κ2) is 5.95. The van der Waals surface area contributed by atoms with Crippen LogP contribution in [0.2, 0.25) is 0 Å². The fraction of sp³-hybridized carbons (Fsp3) is 0.455. The van der Waals surface area contributed by atoms with Gasteiger partial charge in [0, 0.05) is 17.5 Å². The predicted octanol–water partition coefficient (Wildman–Crippen LogP) is 1.93. The summed E-state index contributed by atoms with van der Waals surface area (Å²) in [6.07, 6.45) is -1.78. The van der Waals surface area contributed by atoms with Gasteiger partial charge in [-0.15, -0.1) is 11.6 Å². The Balaban J connectivity index is 2.93. The third-order valence-electron chi connectivity index (χ3n) is 2.53. The molecule has 0 aliphatic heterocycles. The fourth-order valence-corrected chi connectivity index (χ4v) is 1.78. The highest BCUT2D eigenvalue weighted by atomic mass is 35.5. The van der Waals surface area contributed by atoms with Gasteiger partial charge in [0.15, 0.2) is 0 Å². The number of aryl methyl sites for hydroxylation is 1. The highest BCUT2D eigenvalue weighted by molar-refractivity contribution is 6.17. The predicted molar refractivity (Wildman–Crippen MR) is 64.1 cm³/mol. The topological polar surface area (TPSA) is 83.6 Å². The van der Waals surface area contributed by atoms with E-state index in [1.165, 1.54) is 18.2 Å². The summed E-state index contributed by atoms with van der Waals surface area (Å²) in [4.78, 5) is 10.1. The van der Waals surface area contributed by atoms with Crippen molar-refractivity contribution in [2.75, 3.05) is 5.88 Å². The monoisotopic (exact) mass is 259 g/mol. The Morgan fingerprint density at radius 1 is 1.47 bits per heavy atom. The molecule has 0 aliphatic carbocycles. The Morgan fingerprint density at radius 3 is 2.59 bits per heavy atom. The lowest BCUT2D eigenvalue weighted by atomic mass is 10.00. The van der Waals surface area contributed by atoms with E-state index in [4.69, 9.17) is 11.6 Å². The van der Waals surface area contributed by atoms with Crippen molar-refractivity contribution < 1.29 is 15.1 Å². The first kappa shape index (κ1) is 13.9. The molecule has 2 N–H and O–H groups in total. The molecule has 0 heterocycles. The summed E-state index contributed by atoms with van der Waals surface area (Å²) in [7, 11) is 0. The summed E-state index contributed by atoms with van der Waals surface area (Å²) >= 11 is 5.47. The van der Waals surface area contributed by atoms with Crippen LogP contribution in [0, 0.1) is 17.0 Å². The SMILES string of the molecule is Cc1cc(C(O)C(O)CCCl)ccc1[N+](=O)[O-]. The standard InChI is InChI=1S/C11H14ClNO4/c1-7-6-8(2-3-9(7)13(16)17)11(15)10(14)4-5-12/h2-3,6,10-11,14-15H,4-5H2,1H3. The second-order valence-electron chi connectivity index (χ2n) is 3.79. The van der Waals surface area contributed by atoms with Crippen molar-refractivity contribution >= 4 is 17.3 Å². The Morgan fingerprint density at radius 2 is 2.12 bits per heavy atom. The molecule has 0 amide bonds. The van der Waals surface area contributed by atoms with E-state index in [-0.39, 0.29) is 18.0 Å². The molecule has 0 saturated heterocycles. The smallest absolute Gasteiger partial charge is 0.272 e. The maximum Gasteiger partial charge on any atom is 0.272 e. The number of benzene rings is 1. The van der Waals surface area contributed by atoms with Crippen LogP contribution < -0.4 is 0 Å². The van der Waals surface area contributed by atoms with Crippen LogP contribution in [-0.2, 0) is 0 Å². The molecule has 1 rings (SSSR count). The van der Waals surface area contributed by atoms with Gasteiger partial charge in [0.2, 0.25) is 0 Å². The zero-order chi connectivity index (χ0) is 13.0. The Bertz CT molecular complexity index is 410. The average molecular weight is 260 g/mol. The molecule has 5 nitrogen and oxygen atoms in total. The number of hydrogen-bond donors (Lipinski definition) is 2. The molecule has 1 aromatic rings. The van der Waals surface area contributed by atoms with Crippen molar-refractivity contribution in [2.24, 2.45) is 0 Å². The second-order valence-corrected chi connectivity index (χ2v) is 4.17. The molecule has 94 valence electrons. The van der Waals surface area contributed by atoms with Gasteiger partial charge in [-0.1, -0.05) is 0 Å². The van der Waals surface area contributed by atoms with Gasteiger partial charge in [-0.05, 0) is 31.0 Å². The van der Waals surface area contributed by atoms with Crippen LogP contribution in [0.3, 0.4) is 0 Å². The van der Waals surface area contributed by atoms with E-state index in [1.807, 2.05) is 0 Å². The Hall–Kier alpha value is -1.17. The number of rotatable bonds is 5. The van der Waals surface area contributed by atoms with E-state index in [1.54, 1.807) is 6.92 Å². The fourth-order valence-electron chi connectivity index (χ4n) is 1.56. The van der Waals surface area contributed by atoms with Crippen LogP contribution >= 0.6 is 11.6 Å². The molecule has 0 saturated carbocycles. The zero-order valence-electron chi connectivity index (χ0n) is 9.34. The number of hydrogen-bond acceptors (Lipinski definition) is 4. The van der Waals surface area contributed by atoms with Gasteiger partial charge in [0.05, 0.1) is 11.0 Å². The van der Waals surface area contributed by atoms with Gasteiger partial charge >= 0.3 is 0 Å². The van der Waals surface area contributed by atoms with Crippen molar-refractivity contribution in [2.45, 2.75) is 25.6 Å². The first-order valence-corrected chi connectivity index (χ1v) is 5.68. The summed E-state index contributed by atoms with van der Waals surface area (Å²) in [5.74, 6) is 0.240. The van der Waals surface area contributed by atoms with Gasteiger partial charge in [-0.25, -0.2) is 0 Å². The highest BCUT2D eigenvalue weighted by Gasteiger charge is 2.20. The van der Waals surface area contributed by atoms with E-state index in [2.05, 4.69) is 0 Å². The number of halogens is 1. The van der Waals surface area contributed by atoms with Gasteiger partial charge in [-0.2, -0.15) is 0 Å². The van der Waals surface area contributed by atoms with Gasteiger partial charge in [0.1, 0.15) is 6.10 Å². The molecule has 0 aliphatic rings. The molecular weight excluding hydrogens is 246 g/mol. The average Bonchev–Trinajstić information content (AvgIpc) is 2.27. The highest BCUT2D eigenvalue weighted by Crippen LogP contribution is 2.25. The molecule has 2 atom stereocenters. The summed E-state index contributed by atoms with van der Waals surface area (Å²) in [6, 6.07) is 4.26. The zero-order valence-corrected chi connectivity index (χ0v) is 10.1. The van der Waals surface area contributed by atoms with Gasteiger partial charge in [0.25, 0.3) is 5.69 Å². The van der Waals surface area contributed by atoms with E-state index < -0.39 is 17.1 Å². The molecule has 0 bridgehead atoms. The number of nitro groups is 1. The third kappa shape index (κ3) is 3.39. The largest absolute Gasteiger partial charge is 0.390 e. The van der Waals surface area contributed by atoms with Crippen molar-refractivity contribution in [3.63, 3.8) is 0 Å². The molecule has 0 aromatic heterocycles. The maximum absolute atomic E-state index is 10.6. The molecule has 0 radical (unpaired) electrons. The van der Waals surface area contributed by atoms with E-state index >= 15 is 0 Å². The molecule has 0 fully saturated rings. The first-order chi connectivity index (χ1) is 7.97. The molecular formula is C11H14ClNO4. The van der Waals surface area contributed by atoms with Crippen LogP contribution in [0.15, 0.2) is 18.2 Å². The van der Waals surface area contributed by atoms with E-state index in [9.17, 15) is 20.3 Å². The van der Waals surface area contributed by atoms with Crippen molar-refractivity contribution in [3.05, 3.63) is 39.4 Å². The van der Waals surface area contributed by atoms with Crippen molar-refractivity contribution in [1.29, 1.82) is 0 Å². The molecule has 2 unspecified atom stereocenters. The Labute approximate surface area is 104 Å². The number of nitrogens with zero attached hydrogens (tertiary/aromatic N) is 1. The normalized spacial score (nSPS) is 14.4. The minimum atomic E-state index is -1.08. The number of nitro benzene ring substituents is 1. The minimum absolute atomic E-state index is 0.00668. The van der Waals surface area contributed by atoms with Crippen LogP contribution in [-0.4, -0.2) is 27.1 Å². The van der Waals surface area contributed by atoms with Crippen molar-refractivity contribution in [3.8, 4) is 0 Å². The Kier molecular flexibility index (Phi) is 4.86. The van der Waals surface area contributed by atoms with Gasteiger partial charge in [-0.3, -0.25) is 10.1 Å². The minimum Gasteiger partial charge on any atom is -0.390 e. The first-order valence-electron chi connectivity index (χ1n) is 5.14. The van der Waals surface area contributed by atoms with Crippen molar-refractivity contribution in [1.82, 2.24) is 0 Å². The lowest BCUT2D eigenvalue weighted by molar-refractivity contribution is -0.385.